The number of primary amides is 1. The largest absolute Gasteiger partial charge is 0.370 e. The third-order valence-corrected chi connectivity index (χ3v) is 6.12. The molecule has 0 aliphatic heterocycles. The smallest absolute Gasteiger partial charge is 0.219 e. The van der Waals surface area contributed by atoms with Crippen molar-refractivity contribution < 1.29 is 4.79 Å². The number of aryl methyl sites for hydroxylation is 1. The molecule has 3 aromatic rings. The number of rotatable bonds is 8. The van der Waals surface area contributed by atoms with Gasteiger partial charge in [-0.1, -0.05) is 41.6 Å². The maximum absolute atomic E-state index is 11.2. The van der Waals surface area contributed by atoms with Crippen LogP contribution in [0.3, 0.4) is 0 Å². The zero-order valence-corrected chi connectivity index (χ0v) is 17.1. The molecule has 0 saturated heterocycles. The van der Waals surface area contributed by atoms with Crippen LogP contribution in [0.1, 0.15) is 42.3 Å². The fourth-order valence-electron chi connectivity index (χ4n) is 3.05. The topological polar surface area (TPSA) is 91.6 Å². The highest BCUT2D eigenvalue weighted by Crippen LogP contribution is 2.40. The molecule has 4 rings (SSSR count). The van der Waals surface area contributed by atoms with E-state index in [0.717, 1.165) is 40.8 Å². The molecule has 0 unspecified atom stereocenters. The Morgan fingerprint density at radius 1 is 1.29 bits per heavy atom. The lowest BCUT2D eigenvalue weighted by Gasteiger charge is -2.08. The molecule has 2 aromatic heterocycles. The highest BCUT2D eigenvalue weighted by atomic mass is 35.5. The SMILES string of the molecule is Cc1nn(-c2ccccc2)c(Cl)c1CSc1nnc(C2CC2)n1CCC(N)=O. The van der Waals surface area contributed by atoms with E-state index in [4.69, 9.17) is 17.3 Å². The van der Waals surface area contributed by atoms with Crippen molar-refractivity contribution in [3.05, 3.63) is 52.6 Å². The lowest BCUT2D eigenvalue weighted by Crippen LogP contribution is -2.15. The number of amides is 1. The first-order valence-electron chi connectivity index (χ1n) is 9.18. The molecule has 0 bridgehead atoms. The Kier molecular flexibility index (Phi) is 5.41. The zero-order chi connectivity index (χ0) is 19.7. The molecule has 1 amide bonds. The Bertz CT molecular complexity index is 996. The van der Waals surface area contributed by atoms with Gasteiger partial charge in [0.1, 0.15) is 11.0 Å². The van der Waals surface area contributed by atoms with Crippen LogP contribution in [-0.4, -0.2) is 30.5 Å². The number of hydrogen-bond acceptors (Lipinski definition) is 5. The van der Waals surface area contributed by atoms with Gasteiger partial charge in [-0.05, 0) is 31.9 Å². The average molecular weight is 417 g/mol. The van der Waals surface area contributed by atoms with E-state index in [1.165, 1.54) is 0 Å². The number of halogens is 1. The van der Waals surface area contributed by atoms with Crippen molar-refractivity contribution in [3.63, 3.8) is 0 Å². The first-order chi connectivity index (χ1) is 13.5. The Morgan fingerprint density at radius 3 is 2.71 bits per heavy atom. The number of nitrogens with zero attached hydrogens (tertiary/aromatic N) is 5. The van der Waals surface area contributed by atoms with E-state index in [1.54, 1.807) is 16.4 Å². The van der Waals surface area contributed by atoms with Crippen LogP contribution in [-0.2, 0) is 17.1 Å². The van der Waals surface area contributed by atoms with Gasteiger partial charge in [-0.15, -0.1) is 10.2 Å². The molecule has 2 heterocycles. The molecule has 0 radical (unpaired) electrons. The van der Waals surface area contributed by atoms with Gasteiger partial charge in [0.2, 0.25) is 5.91 Å². The van der Waals surface area contributed by atoms with E-state index >= 15 is 0 Å². The molecule has 0 atom stereocenters. The molecule has 2 N–H and O–H groups in total. The number of para-hydroxylation sites is 1. The molecular formula is C19H21ClN6OS. The van der Waals surface area contributed by atoms with Gasteiger partial charge < -0.3 is 10.3 Å². The maximum atomic E-state index is 11.2. The standard InChI is InChI=1S/C19H21ClN6OS/c1-12-15(17(20)26(24-12)14-5-3-2-4-6-14)11-28-19-23-22-18(13-7-8-13)25(19)10-9-16(21)27/h2-6,13H,7-11H2,1H3,(H2,21,27). The van der Waals surface area contributed by atoms with Gasteiger partial charge in [0, 0.05) is 30.2 Å². The molecule has 7 nitrogen and oxygen atoms in total. The van der Waals surface area contributed by atoms with Gasteiger partial charge >= 0.3 is 0 Å². The van der Waals surface area contributed by atoms with E-state index in [-0.39, 0.29) is 12.3 Å². The average Bonchev–Trinajstić information content (AvgIpc) is 3.39. The Hall–Kier alpha value is -2.32. The number of hydrogen-bond donors (Lipinski definition) is 1. The number of carbonyl (C=O) groups excluding carboxylic acids is 1. The highest BCUT2D eigenvalue weighted by molar-refractivity contribution is 7.98. The van der Waals surface area contributed by atoms with E-state index < -0.39 is 0 Å². The Morgan fingerprint density at radius 2 is 2.04 bits per heavy atom. The van der Waals surface area contributed by atoms with Crippen molar-refractivity contribution >= 4 is 29.3 Å². The first-order valence-corrected chi connectivity index (χ1v) is 10.5. The van der Waals surface area contributed by atoms with Crippen LogP contribution in [0.4, 0.5) is 0 Å². The first kappa shape index (κ1) is 19.0. The summed E-state index contributed by atoms with van der Waals surface area (Å²) in [6.45, 7) is 2.46. The second-order valence-electron chi connectivity index (χ2n) is 6.87. The second kappa shape index (κ2) is 7.97. The van der Waals surface area contributed by atoms with Crippen molar-refractivity contribution in [3.8, 4) is 5.69 Å². The molecule has 28 heavy (non-hydrogen) atoms. The van der Waals surface area contributed by atoms with Crippen LogP contribution in [0.2, 0.25) is 5.15 Å². The zero-order valence-electron chi connectivity index (χ0n) is 15.5. The minimum atomic E-state index is -0.325. The Balaban J connectivity index is 1.55. The third-order valence-electron chi connectivity index (χ3n) is 4.74. The van der Waals surface area contributed by atoms with Crippen LogP contribution in [0.25, 0.3) is 5.69 Å². The minimum absolute atomic E-state index is 0.275. The summed E-state index contributed by atoms with van der Waals surface area (Å²) in [6.07, 6.45) is 2.51. The predicted molar refractivity (Wildman–Crippen MR) is 109 cm³/mol. The molecule has 146 valence electrons. The van der Waals surface area contributed by atoms with E-state index in [2.05, 4.69) is 15.3 Å². The van der Waals surface area contributed by atoms with Crippen molar-refractivity contribution in [2.24, 2.45) is 5.73 Å². The quantitative estimate of drug-likeness (QED) is 0.567. The van der Waals surface area contributed by atoms with Crippen molar-refractivity contribution in [1.82, 2.24) is 24.5 Å². The van der Waals surface area contributed by atoms with Gasteiger partial charge in [0.05, 0.1) is 11.4 Å². The normalized spacial score (nSPS) is 13.8. The van der Waals surface area contributed by atoms with Crippen molar-refractivity contribution in [2.75, 3.05) is 0 Å². The molecule has 1 aromatic carbocycles. The molecule has 0 spiro atoms. The summed E-state index contributed by atoms with van der Waals surface area (Å²) >= 11 is 8.18. The van der Waals surface area contributed by atoms with Crippen LogP contribution in [0.15, 0.2) is 35.5 Å². The van der Waals surface area contributed by atoms with Crippen LogP contribution < -0.4 is 5.73 Å². The van der Waals surface area contributed by atoms with Crippen LogP contribution in [0.5, 0.6) is 0 Å². The Labute approximate surface area is 172 Å². The van der Waals surface area contributed by atoms with Gasteiger partial charge in [0.15, 0.2) is 5.16 Å². The summed E-state index contributed by atoms with van der Waals surface area (Å²) in [4.78, 5) is 11.2. The van der Waals surface area contributed by atoms with Gasteiger partial charge in [-0.2, -0.15) is 5.10 Å². The summed E-state index contributed by atoms with van der Waals surface area (Å²) in [5, 5.41) is 14.7. The number of thioether (sulfide) groups is 1. The van der Waals surface area contributed by atoms with Crippen molar-refractivity contribution in [2.45, 2.75) is 49.6 Å². The van der Waals surface area contributed by atoms with E-state index in [1.807, 2.05) is 41.8 Å². The number of aromatic nitrogens is 5. The summed E-state index contributed by atoms with van der Waals surface area (Å²) in [5.74, 6) is 1.69. The molecule has 1 aliphatic rings. The number of nitrogens with two attached hydrogens (primary N) is 1. The van der Waals surface area contributed by atoms with E-state index in [9.17, 15) is 4.79 Å². The van der Waals surface area contributed by atoms with Gasteiger partial charge in [0.25, 0.3) is 0 Å². The summed E-state index contributed by atoms with van der Waals surface area (Å²) < 4.78 is 3.78. The summed E-state index contributed by atoms with van der Waals surface area (Å²) in [5.41, 5.74) is 8.11. The predicted octanol–water partition coefficient (Wildman–Crippen LogP) is 3.47. The third kappa shape index (κ3) is 3.93. The molecule has 1 fully saturated rings. The van der Waals surface area contributed by atoms with Gasteiger partial charge in [-0.25, -0.2) is 4.68 Å². The molecular weight excluding hydrogens is 396 g/mol. The monoisotopic (exact) mass is 416 g/mol. The fourth-order valence-corrected chi connectivity index (χ4v) is 4.53. The summed E-state index contributed by atoms with van der Waals surface area (Å²) in [6, 6.07) is 9.81. The van der Waals surface area contributed by atoms with Crippen molar-refractivity contribution in [1.29, 1.82) is 0 Å². The summed E-state index contributed by atoms with van der Waals surface area (Å²) in [7, 11) is 0. The molecule has 9 heteroatoms. The highest BCUT2D eigenvalue weighted by Gasteiger charge is 2.30. The lowest BCUT2D eigenvalue weighted by molar-refractivity contribution is -0.118. The number of carbonyl (C=O) groups is 1. The lowest BCUT2D eigenvalue weighted by atomic mass is 10.3. The second-order valence-corrected chi connectivity index (χ2v) is 8.17. The molecule has 1 aliphatic carbocycles. The van der Waals surface area contributed by atoms with E-state index in [0.29, 0.717) is 23.4 Å². The van der Waals surface area contributed by atoms with Gasteiger partial charge in [-0.3, -0.25) is 4.79 Å². The van der Waals surface area contributed by atoms with Crippen LogP contribution >= 0.6 is 23.4 Å². The number of benzene rings is 1. The fraction of sp³-hybridized carbons (Fsp3) is 0.368. The molecule has 1 saturated carbocycles. The maximum Gasteiger partial charge on any atom is 0.219 e. The minimum Gasteiger partial charge on any atom is -0.370 e. The van der Waals surface area contributed by atoms with Crippen LogP contribution in [0, 0.1) is 6.92 Å².